The Morgan fingerprint density at radius 1 is 1.12 bits per heavy atom. The van der Waals surface area contributed by atoms with Crippen LogP contribution in [0.1, 0.15) is 35.9 Å². The summed E-state index contributed by atoms with van der Waals surface area (Å²) in [5, 5.41) is 12.6. The van der Waals surface area contributed by atoms with Crippen molar-refractivity contribution in [2.75, 3.05) is 13.7 Å². The van der Waals surface area contributed by atoms with E-state index in [1.807, 2.05) is 13.8 Å². The summed E-state index contributed by atoms with van der Waals surface area (Å²) >= 11 is 0. The van der Waals surface area contributed by atoms with Gasteiger partial charge in [0.1, 0.15) is 17.1 Å². The molecule has 0 aliphatic heterocycles. The van der Waals surface area contributed by atoms with Gasteiger partial charge in [-0.25, -0.2) is 8.78 Å². The molecule has 2 N–H and O–H groups in total. The normalized spacial score (nSPS) is 12.0. The van der Waals surface area contributed by atoms with Crippen LogP contribution in [0, 0.1) is 11.6 Å². The first kappa shape index (κ1) is 19.7. The maximum atomic E-state index is 13.9. The number of methoxy groups -OCH3 is 1. The van der Waals surface area contributed by atoms with Crippen molar-refractivity contribution in [3.63, 3.8) is 0 Å². The van der Waals surface area contributed by atoms with Crippen molar-refractivity contribution < 1.29 is 28.2 Å². The van der Waals surface area contributed by atoms with Gasteiger partial charge in [0.15, 0.2) is 11.6 Å². The average Bonchev–Trinajstić information content (AvgIpc) is 2.61. The molecule has 0 aliphatic rings. The van der Waals surface area contributed by atoms with E-state index in [9.17, 15) is 18.7 Å². The maximum absolute atomic E-state index is 13.9. The van der Waals surface area contributed by atoms with Gasteiger partial charge in [-0.05, 0) is 43.7 Å². The molecule has 2 aromatic carbocycles. The van der Waals surface area contributed by atoms with E-state index in [0.717, 1.165) is 19.2 Å². The van der Waals surface area contributed by atoms with Crippen LogP contribution < -0.4 is 14.8 Å². The predicted molar refractivity (Wildman–Crippen MR) is 92.4 cm³/mol. The fourth-order valence-electron chi connectivity index (χ4n) is 2.38. The van der Waals surface area contributed by atoms with Crippen LogP contribution in [0.15, 0.2) is 36.4 Å². The van der Waals surface area contributed by atoms with Crippen molar-refractivity contribution in [3.8, 4) is 11.5 Å². The van der Waals surface area contributed by atoms with Crippen molar-refractivity contribution >= 4 is 5.91 Å². The first-order chi connectivity index (χ1) is 12.3. The van der Waals surface area contributed by atoms with Crippen LogP contribution in [0.3, 0.4) is 0 Å². The third-order valence-electron chi connectivity index (χ3n) is 3.58. The van der Waals surface area contributed by atoms with Gasteiger partial charge >= 0.3 is 0 Å². The van der Waals surface area contributed by atoms with Gasteiger partial charge in [-0.15, -0.1) is 0 Å². The van der Waals surface area contributed by atoms with Crippen LogP contribution in [0.2, 0.25) is 0 Å². The molecule has 0 saturated carbocycles. The number of hydrogen-bond acceptors (Lipinski definition) is 4. The van der Waals surface area contributed by atoms with E-state index in [4.69, 9.17) is 9.47 Å². The topological polar surface area (TPSA) is 67.8 Å². The highest BCUT2D eigenvalue weighted by Crippen LogP contribution is 2.25. The lowest BCUT2D eigenvalue weighted by Crippen LogP contribution is -2.29. The predicted octanol–water partition coefficient (Wildman–Crippen LogP) is 3.22. The second-order valence-electron chi connectivity index (χ2n) is 5.90. The Balaban J connectivity index is 2.04. The SMILES string of the molecule is COc1c(F)ccc(F)c1C(=O)NC[C@H](O)c1ccc(OC(C)C)cc1. The molecular formula is C19H21F2NO4. The summed E-state index contributed by atoms with van der Waals surface area (Å²) in [4.78, 5) is 12.2. The third kappa shape index (κ3) is 4.70. The molecule has 0 unspecified atom stereocenters. The average molecular weight is 365 g/mol. The Morgan fingerprint density at radius 2 is 1.73 bits per heavy atom. The van der Waals surface area contributed by atoms with E-state index < -0.39 is 35.0 Å². The molecule has 26 heavy (non-hydrogen) atoms. The summed E-state index contributed by atoms with van der Waals surface area (Å²) in [6.07, 6.45) is -0.990. The van der Waals surface area contributed by atoms with Crippen LogP contribution in [-0.2, 0) is 0 Å². The monoisotopic (exact) mass is 365 g/mol. The molecule has 1 atom stereocenters. The molecule has 7 heteroatoms. The highest BCUT2D eigenvalue weighted by molar-refractivity contribution is 5.97. The number of amides is 1. The standard InChI is InChI=1S/C19H21F2NO4/c1-11(2)26-13-6-4-12(5-7-13)16(23)10-22-19(24)17-14(20)8-9-15(21)18(17)25-3/h4-9,11,16,23H,10H2,1-3H3,(H,22,24)/t16-/m0/s1. The van der Waals surface area contributed by atoms with Gasteiger partial charge in [-0.1, -0.05) is 12.1 Å². The Kier molecular flexibility index (Phi) is 6.52. The first-order valence-electron chi connectivity index (χ1n) is 8.08. The van der Waals surface area contributed by atoms with E-state index >= 15 is 0 Å². The van der Waals surface area contributed by atoms with Crippen molar-refractivity contribution in [2.45, 2.75) is 26.1 Å². The molecular weight excluding hydrogens is 344 g/mol. The number of hydrogen-bond donors (Lipinski definition) is 2. The molecule has 2 aromatic rings. The lowest BCUT2D eigenvalue weighted by molar-refractivity contribution is 0.0908. The van der Waals surface area contributed by atoms with E-state index in [1.54, 1.807) is 24.3 Å². The third-order valence-corrected chi connectivity index (χ3v) is 3.58. The molecule has 2 rings (SSSR count). The molecule has 0 aromatic heterocycles. The number of halogens is 2. The van der Waals surface area contributed by atoms with E-state index in [-0.39, 0.29) is 12.6 Å². The van der Waals surface area contributed by atoms with Gasteiger partial charge in [-0.3, -0.25) is 4.79 Å². The number of benzene rings is 2. The number of rotatable bonds is 7. The zero-order valence-electron chi connectivity index (χ0n) is 14.8. The Hall–Kier alpha value is -2.67. The summed E-state index contributed by atoms with van der Waals surface area (Å²) in [5.74, 6) is -2.46. The molecule has 0 spiro atoms. The highest BCUT2D eigenvalue weighted by atomic mass is 19.1. The Bertz CT molecular complexity index is 763. The smallest absolute Gasteiger partial charge is 0.258 e. The number of ether oxygens (including phenoxy) is 2. The largest absolute Gasteiger partial charge is 0.493 e. The second kappa shape index (κ2) is 8.62. The van der Waals surface area contributed by atoms with Gasteiger partial charge in [0.2, 0.25) is 0 Å². The van der Waals surface area contributed by atoms with Gasteiger partial charge in [0, 0.05) is 6.54 Å². The molecule has 1 amide bonds. The minimum atomic E-state index is -1.02. The van der Waals surface area contributed by atoms with Gasteiger partial charge in [0.25, 0.3) is 5.91 Å². The van der Waals surface area contributed by atoms with Crippen molar-refractivity contribution in [3.05, 3.63) is 59.2 Å². The lowest BCUT2D eigenvalue weighted by Gasteiger charge is -2.15. The summed E-state index contributed by atoms with van der Waals surface area (Å²) < 4.78 is 37.8. The molecule has 140 valence electrons. The summed E-state index contributed by atoms with van der Waals surface area (Å²) in [7, 11) is 1.14. The number of carbonyl (C=O) groups excluding carboxylic acids is 1. The molecule has 0 bridgehead atoms. The van der Waals surface area contributed by atoms with Crippen LogP contribution in [0.25, 0.3) is 0 Å². The lowest BCUT2D eigenvalue weighted by atomic mass is 10.1. The van der Waals surface area contributed by atoms with Crippen LogP contribution in [-0.4, -0.2) is 30.8 Å². The van der Waals surface area contributed by atoms with E-state index in [1.165, 1.54) is 0 Å². The fraction of sp³-hybridized carbons (Fsp3) is 0.316. The number of nitrogens with one attached hydrogen (secondary N) is 1. The van der Waals surface area contributed by atoms with Crippen molar-refractivity contribution in [2.24, 2.45) is 0 Å². The number of aliphatic hydroxyl groups excluding tert-OH is 1. The molecule has 0 aliphatic carbocycles. The minimum Gasteiger partial charge on any atom is -0.493 e. The summed E-state index contributed by atoms with van der Waals surface area (Å²) in [6.45, 7) is 3.62. The van der Waals surface area contributed by atoms with E-state index in [0.29, 0.717) is 11.3 Å². The van der Waals surface area contributed by atoms with Gasteiger partial charge in [0.05, 0.1) is 19.3 Å². The fourth-order valence-corrected chi connectivity index (χ4v) is 2.38. The van der Waals surface area contributed by atoms with Crippen LogP contribution >= 0.6 is 0 Å². The summed E-state index contributed by atoms with van der Waals surface area (Å²) in [5.41, 5.74) is 0.00784. The highest BCUT2D eigenvalue weighted by Gasteiger charge is 2.22. The molecule has 0 fully saturated rings. The van der Waals surface area contributed by atoms with E-state index in [2.05, 4.69) is 5.32 Å². The molecule has 5 nitrogen and oxygen atoms in total. The number of carbonyl (C=O) groups is 1. The molecule has 0 radical (unpaired) electrons. The zero-order chi connectivity index (χ0) is 19.3. The van der Waals surface area contributed by atoms with Crippen molar-refractivity contribution in [1.82, 2.24) is 5.32 Å². The van der Waals surface area contributed by atoms with Gasteiger partial charge in [-0.2, -0.15) is 0 Å². The minimum absolute atomic E-state index is 0.0289. The zero-order valence-corrected chi connectivity index (χ0v) is 14.8. The maximum Gasteiger partial charge on any atom is 0.258 e. The van der Waals surface area contributed by atoms with Gasteiger partial charge < -0.3 is 19.9 Å². The first-order valence-corrected chi connectivity index (χ1v) is 8.08. The molecule has 0 saturated heterocycles. The summed E-state index contributed by atoms with van der Waals surface area (Å²) in [6, 6.07) is 8.46. The van der Waals surface area contributed by atoms with Crippen LogP contribution in [0.5, 0.6) is 11.5 Å². The molecule has 0 heterocycles. The Labute approximate surface area is 150 Å². The van der Waals surface area contributed by atoms with Crippen LogP contribution in [0.4, 0.5) is 8.78 Å². The number of aliphatic hydroxyl groups is 1. The second-order valence-corrected chi connectivity index (χ2v) is 5.90. The Morgan fingerprint density at radius 3 is 2.31 bits per heavy atom. The quantitative estimate of drug-likeness (QED) is 0.791. The van der Waals surface area contributed by atoms with Crippen molar-refractivity contribution in [1.29, 1.82) is 0 Å².